The van der Waals surface area contributed by atoms with E-state index in [9.17, 15) is 4.79 Å². The van der Waals surface area contributed by atoms with Crippen LogP contribution in [-0.2, 0) is 4.79 Å². The van der Waals surface area contributed by atoms with Crippen LogP contribution in [-0.4, -0.2) is 40.5 Å². The molecular formula is C15H27ClIN4O+. The highest BCUT2D eigenvalue weighted by molar-refractivity contribution is 14.1. The van der Waals surface area contributed by atoms with Gasteiger partial charge < -0.3 is 5.32 Å². The van der Waals surface area contributed by atoms with Gasteiger partial charge in [-0.2, -0.15) is 0 Å². The van der Waals surface area contributed by atoms with Gasteiger partial charge in [-0.25, -0.2) is 4.59 Å². The molecule has 0 radical (unpaired) electrons. The lowest BCUT2D eigenvalue weighted by Gasteiger charge is -2.49. The van der Waals surface area contributed by atoms with Crippen LogP contribution in [0.4, 0.5) is 0 Å². The maximum atomic E-state index is 11.3. The van der Waals surface area contributed by atoms with Crippen molar-refractivity contribution >= 4 is 40.1 Å². The standard InChI is InChI=1S/C15H26ClIN4O/c1-11-8-15(4,7-6-14(11)16)21(5,10-18-9-17)20-12(2)19-13(3)22/h6-7,12,18,20H,8-10H2,1-5H3/p+1. The number of likely N-dealkylation sites (N-methyl/N-ethyl adjacent to an activating group) is 1. The van der Waals surface area contributed by atoms with Gasteiger partial charge in [0, 0.05) is 18.4 Å². The molecule has 0 aromatic carbocycles. The third-order valence-corrected chi connectivity index (χ3v) is 5.16. The molecule has 0 aromatic rings. The van der Waals surface area contributed by atoms with Crippen LogP contribution in [0.1, 0.15) is 34.1 Å². The molecule has 0 heterocycles. The molecule has 7 heteroatoms. The molecule has 1 amide bonds. The van der Waals surface area contributed by atoms with Crippen LogP contribution in [0.2, 0.25) is 0 Å². The minimum Gasteiger partial charge on any atom is -0.337 e. The van der Waals surface area contributed by atoms with Gasteiger partial charge in [0.2, 0.25) is 5.91 Å². The van der Waals surface area contributed by atoms with E-state index in [0.717, 1.165) is 22.7 Å². The summed E-state index contributed by atoms with van der Waals surface area (Å²) in [6, 6.07) is 0. The molecule has 5 nitrogen and oxygen atoms in total. The van der Waals surface area contributed by atoms with Gasteiger partial charge in [-0.15, -0.1) is 5.43 Å². The monoisotopic (exact) mass is 441 g/mol. The Hall–Kier alpha value is -0.150. The first-order valence-electron chi connectivity index (χ1n) is 7.35. The topological polar surface area (TPSA) is 53.2 Å². The fourth-order valence-corrected chi connectivity index (χ4v) is 3.19. The van der Waals surface area contributed by atoms with Gasteiger partial charge in [0.15, 0.2) is 6.67 Å². The van der Waals surface area contributed by atoms with Crippen molar-refractivity contribution in [1.82, 2.24) is 16.1 Å². The Balaban J connectivity index is 3.00. The van der Waals surface area contributed by atoms with E-state index < -0.39 is 0 Å². The number of rotatable bonds is 7. The van der Waals surface area contributed by atoms with Crippen LogP contribution in [0.5, 0.6) is 0 Å². The number of quaternary nitrogens is 1. The molecule has 0 bridgehead atoms. The van der Waals surface area contributed by atoms with E-state index in [1.807, 2.05) is 13.0 Å². The molecule has 1 rings (SSSR count). The summed E-state index contributed by atoms with van der Waals surface area (Å²) in [5.74, 6) is -0.0446. The lowest BCUT2D eigenvalue weighted by molar-refractivity contribution is -0.995. The highest BCUT2D eigenvalue weighted by atomic mass is 127. The quantitative estimate of drug-likeness (QED) is 0.142. The Morgan fingerprint density at radius 1 is 1.59 bits per heavy atom. The maximum absolute atomic E-state index is 11.3. The molecule has 3 N–H and O–H groups in total. The van der Waals surface area contributed by atoms with Gasteiger partial charge in [0.25, 0.3) is 0 Å². The van der Waals surface area contributed by atoms with Crippen LogP contribution in [0.25, 0.3) is 0 Å². The minimum atomic E-state index is -0.159. The number of nitrogens with zero attached hydrogens (tertiary/aromatic N) is 1. The SMILES string of the molecule is CC(=O)NC(C)N[N+](C)(CNCI)C1(C)C=CC(Cl)=C(C)C1. The number of alkyl halides is 1. The molecule has 0 saturated heterocycles. The molecule has 1 aliphatic carbocycles. The number of nitrogens with one attached hydrogen (secondary N) is 3. The molecule has 0 spiro atoms. The van der Waals surface area contributed by atoms with Crippen molar-refractivity contribution in [3.63, 3.8) is 0 Å². The van der Waals surface area contributed by atoms with Gasteiger partial charge in [0.1, 0.15) is 11.7 Å². The van der Waals surface area contributed by atoms with Crippen molar-refractivity contribution in [3.05, 3.63) is 22.8 Å². The molecule has 3 unspecified atom stereocenters. The molecule has 0 fully saturated rings. The van der Waals surface area contributed by atoms with Crippen LogP contribution in [0.3, 0.4) is 0 Å². The summed E-state index contributed by atoms with van der Waals surface area (Å²) >= 11 is 8.51. The first-order chi connectivity index (χ1) is 10.1. The Morgan fingerprint density at radius 3 is 2.73 bits per heavy atom. The normalized spacial score (nSPS) is 25.8. The number of halogens is 2. The van der Waals surface area contributed by atoms with E-state index in [1.54, 1.807) is 0 Å². The number of hydrogen-bond donors (Lipinski definition) is 3. The summed E-state index contributed by atoms with van der Waals surface area (Å²) in [4.78, 5) is 11.3. The summed E-state index contributed by atoms with van der Waals surface area (Å²) in [7, 11) is 2.13. The zero-order chi connectivity index (χ0) is 17.0. The molecule has 0 aliphatic heterocycles. The number of hydrogen-bond acceptors (Lipinski definition) is 3. The summed E-state index contributed by atoms with van der Waals surface area (Å²) in [5.41, 5.74) is 4.55. The Labute approximate surface area is 152 Å². The summed E-state index contributed by atoms with van der Waals surface area (Å²) < 4.78 is 1.41. The first-order valence-corrected chi connectivity index (χ1v) is 9.25. The van der Waals surface area contributed by atoms with Gasteiger partial charge in [-0.1, -0.05) is 34.2 Å². The van der Waals surface area contributed by atoms with Crippen molar-refractivity contribution in [3.8, 4) is 0 Å². The molecule has 3 atom stereocenters. The highest BCUT2D eigenvalue weighted by Crippen LogP contribution is 2.35. The van der Waals surface area contributed by atoms with E-state index in [-0.39, 0.29) is 17.6 Å². The highest BCUT2D eigenvalue weighted by Gasteiger charge is 2.45. The number of carbonyl (C=O) groups is 1. The smallest absolute Gasteiger partial charge is 0.218 e. The van der Waals surface area contributed by atoms with E-state index in [0.29, 0.717) is 4.59 Å². The van der Waals surface area contributed by atoms with Crippen molar-refractivity contribution in [2.45, 2.75) is 45.8 Å². The van der Waals surface area contributed by atoms with Gasteiger partial charge in [-0.3, -0.25) is 10.1 Å². The molecule has 1 aliphatic rings. The van der Waals surface area contributed by atoms with Gasteiger partial charge in [-0.05, 0) is 38.5 Å². The first kappa shape index (κ1) is 19.9. The zero-order valence-corrected chi connectivity index (χ0v) is 16.9. The van der Waals surface area contributed by atoms with Crippen LogP contribution in [0.15, 0.2) is 22.8 Å². The lowest BCUT2D eigenvalue weighted by atomic mass is 9.86. The van der Waals surface area contributed by atoms with Crippen molar-refractivity contribution in [2.75, 3.05) is 18.3 Å². The van der Waals surface area contributed by atoms with E-state index in [2.05, 4.69) is 65.6 Å². The summed E-state index contributed by atoms with van der Waals surface area (Å²) in [5, 5.41) is 7.11. The average Bonchev–Trinajstić information content (AvgIpc) is 2.40. The Kier molecular flexibility index (Phi) is 7.32. The van der Waals surface area contributed by atoms with Gasteiger partial charge in [0.05, 0.1) is 11.6 Å². The second kappa shape index (κ2) is 8.10. The maximum Gasteiger partial charge on any atom is 0.218 e. The largest absolute Gasteiger partial charge is 0.337 e. The third-order valence-electron chi connectivity index (χ3n) is 4.17. The molecule has 0 saturated carbocycles. The van der Waals surface area contributed by atoms with Crippen molar-refractivity contribution in [1.29, 1.82) is 0 Å². The van der Waals surface area contributed by atoms with Crippen LogP contribution >= 0.6 is 34.2 Å². The fourth-order valence-electron chi connectivity index (χ4n) is 2.82. The zero-order valence-electron chi connectivity index (χ0n) is 14.0. The van der Waals surface area contributed by atoms with Crippen molar-refractivity contribution in [2.24, 2.45) is 0 Å². The average molecular weight is 442 g/mol. The summed E-state index contributed by atoms with van der Waals surface area (Å²) in [6.07, 6.45) is 4.86. The minimum absolute atomic E-state index is 0.0446. The number of amides is 1. The van der Waals surface area contributed by atoms with Gasteiger partial charge >= 0.3 is 0 Å². The molecule has 22 heavy (non-hydrogen) atoms. The van der Waals surface area contributed by atoms with E-state index in [1.165, 1.54) is 12.5 Å². The summed E-state index contributed by atoms with van der Waals surface area (Å²) in [6.45, 7) is 8.49. The number of allylic oxidation sites excluding steroid dienone is 2. The van der Waals surface area contributed by atoms with Crippen molar-refractivity contribution < 1.29 is 9.39 Å². The second-order valence-corrected chi connectivity index (χ2v) is 7.45. The van der Waals surface area contributed by atoms with Crippen LogP contribution in [0, 0.1) is 0 Å². The van der Waals surface area contributed by atoms with E-state index >= 15 is 0 Å². The molecule has 126 valence electrons. The van der Waals surface area contributed by atoms with E-state index in [4.69, 9.17) is 11.6 Å². The lowest BCUT2D eigenvalue weighted by Crippen LogP contribution is -2.73. The molecule has 0 aromatic heterocycles. The van der Waals surface area contributed by atoms with Crippen LogP contribution < -0.4 is 16.1 Å². The third kappa shape index (κ3) is 4.92. The Bertz CT molecular complexity index is 482. The number of carbonyl (C=O) groups excluding carboxylic acids is 1. The predicted molar refractivity (Wildman–Crippen MR) is 100 cm³/mol. The fraction of sp³-hybridized carbons (Fsp3) is 0.667. The molecular weight excluding hydrogens is 415 g/mol. The Morgan fingerprint density at radius 2 is 2.23 bits per heavy atom. The predicted octanol–water partition coefficient (Wildman–Crippen LogP) is 2.59. The second-order valence-electron chi connectivity index (χ2n) is 6.28.